The monoisotopic (exact) mass is 415 g/mol. The fraction of sp³-hybridized carbons (Fsp3) is 0.600. The van der Waals surface area contributed by atoms with Gasteiger partial charge in [0.1, 0.15) is 4.88 Å². The van der Waals surface area contributed by atoms with E-state index in [-0.39, 0.29) is 33.3 Å². The summed E-state index contributed by atoms with van der Waals surface area (Å²) in [5, 5.41) is 0. The molecule has 1 aromatic heterocycles. The van der Waals surface area contributed by atoms with E-state index in [9.17, 15) is 22.8 Å². The maximum atomic E-state index is 13.2. The van der Waals surface area contributed by atoms with Crippen molar-refractivity contribution >= 4 is 28.9 Å². The number of ether oxygens (including phenoxy) is 1. The van der Waals surface area contributed by atoms with Gasteiger partial charge in [-0.15, -0.1) is 11.3 Å². The van der Waals surface area contributed by atoms with E-state index < -0.39 is 12.1 Å². The molecule has 1 aliphatic carbocycles. The molecule has 0 N–H and O–H groups in total. The van der Waals surface area contributed by atoms with Crippen LogP contribution in [0.5, 0.6) is 0 Å². The number of halogens is 3. The highest BCUT2D eigenvalue weighted by molar-refractivity contribution is 7.15. The second-order valence-corrected chi connectivity index (χ2v) is 8.38. The summed E-state index contributed by atoms with van der Waals surface area (Å²) in [6.45, 7) is 5.77. The summed E-state index contributed by atoms with van der Waals surface area (Å²) in [6, 6.07) is 1.10. The average Bonchev–Trinajstić information content (AvgIpc) is 3.03. The molecule has 0 saturated heterocycles. The molecule has 1 heterocycles. The molecule has 0 spiro atoms. The van der Waals surface area contributed by atoms with E-state index in [1.54, 1.807) is 0 Å². The van der Waals surface area contributed by atoms with E-state index in [0.29, 0.717) is 5.92 Å². The molecule has 0 radical (unpaired) electrons. The molecule has 1 amide bonds. The Bertz CT molecular complexity index is 781. The Hall–Kier alpha value is -2.01. The smallest absolute Gasteiger partial charge is 0.458 e. The van der Waals surface area contributed by atoms with Gasteiger partial charge in [0.25, 0.3) is 0 Å². The van der Waals surface area contributed by atoms with Gasteiger partial charge in [-0.05, 0) is 57.4 Å². The SMILES string of the molecule is COC(=O)c1sc(C#CC(F)(F)F)cc1N(C(=O)C1CCC(C)CC1)C(C)C. The van der Waals surface area contributed by atoms with Crippen LogP contribution in [-0.2, 0) is 9.53 Å². The van der Waals surface area contributed by atoms with E-state index in [1.165, 1.54) is 24.0 Å². The number of carbonyl (C=O) groups excluding carboxylic acids is 2. The molecular weight excluding hydrogens is 391 g/mol. The van der Waals surface area contributed by atoms with Crippen LogP contribution in [0.1, 0.15) is 61.0 Å². The molecule has 0 aliphatic heterocycles. The number of rotatable bonds is 4. The minimum atomic E-state index is -4.64. The minimum Gasteiger partial charge on any atom is -0.465 e. The first-order chi connectivity index (χ1) is 13.0. The summed E-state index contributed by atoms with van der Waals surface area (Å²) >= 11 is 0.801. The molecule has 4 nitrogen and oxygen atoms in total. The summed E-state index contributed by atoms with van der Waals surface area (Å²) in [4.78, 5) is 27.0. The Balaban J connectivity index is 2.44. The van der Waals surface area contributed by atoms with Gasteiger partial charge < -0.3 is 9.64 Å². The number of thiophene rings is 1. The van der Waals surface area contributed by atoms with Gasteiger partial charge in [0.05, 0.1) is 17.7 Å². The van der Waals surface area contributed by atoms with E-state index in [4.69, 9.17) is 4.74 Å². The molecular formula is C20H24F3NO3S. The molecule has 1 aliphatic rings. The lowest BCUT2D eigenvalue weighted by atomic mass is 9.82. The van der Waals surface area contributed by atoms with Gasteiger partial charge >= 0.3 is 12.1 Å². The van der Waals surface area contributed by atoms with Crippen molar-refractivity contribution in [3.05, 3.63) is 15.8 Å². The number of nitrogens with zero attached hydrogens (tertiary/aromatic N) is 1. The third kappa shape index (κ3) is 5.51. The van der Waals surface area contributed by atoms with Crippen LogP contribution in [0.25, 0.3) is 0 Å². The number of carbonyl (C=O) groups is 2. The Morgan fingerprint density at radius 3 is 2.36 bits per heavy atom. The second-order valence-electron chi connectivity index (χ2n) is 7.32. The molecule has 0 atom stereocenters. The summed E-state index contributed by atoms with van der Waals surface area (Å²) in [7, 11) is 1.19. The molecule has 28 heavy (non-hydrogen) atoms. The van der Waals surface area contributed by atoms with Crippen molar-refractivity contribution in [2.45, 2.75) is 58.7 Å². The van der Waals surface area contributed by atoms with Gasteiger partial charge in [0.2, 0.25) is 5.91 Å². The summed E-state index contributed by atoms with van der Waals surface area (Å²) in [5.74, 6) is 2.85. The Labute approximate surface area is 167 Å². The van der Waals surface area contributed by atoms with Gasteiger partial charge in [-0.1, -0.05) is 6.92 Å². The highest BCUT2D eigenvalue weighted by Crippen LogP contribution is 2.36. The van der Waals surface area contributed by atoms with Crippen molar-refractivity contribution in [2.75, 3.05) is 12.0 Å². The average molecular weight is 415 g/mol. The van der Waals surface area contributed by atoms with E-state index >= 15 is 0 Å². The molecule has 0 unspecified atom stereocenters. The largest absolute Gasteiger partial charge is 0.465 e. The molecule has 0 bridgehead atoms. The minimum absolute atomic E-state index is 0.0587. The number of methoxy groups -OCH3 is 1. The highest BCUT2D eigenvalue weighted by atomic mass is 32.1. The highest BCUT2D eigenvalue weighted by Gasteiger charge is 2.33. The Kier molecular flexibility index (Phi) is 7.16. The third-order valence-corrected chi connectivity index (χ3v) is 5.81. The fourth-order valence-electron chi connectivity index (χ4n) is 3.35. The summed E-state index contributed by atoms with van der Waals surface area (Å²) in [5.41, 5.74) is 0.266. The zero-order chi connectivity index (χ0) is 21.1. The lowest BCUT2D eigenvalue weighted by Gasteiger charge is -2.33. The molecule has 1 saturated carbocycles. The van der Waals surface area contributed by atoms with Crippen molar-refractivity contribution in [1.29, 1.82) is 0 Å². The van der Waals surface area contributed by atoms with Crippen LogP contribution in [0.4, 0.5) is 18.9 Å². The first kappa shape index (κ1) is 22.3. The number of anilines is 1. The molecule has 2 rings (SSSR count). The lowest BCUT2D eigenvalue weighted by Crippen LogP contribution is -2.42. The fourth-order valence-corrected chi connectivity index (χ4v) is 4.27. The predicted octanol–water partition coefficient (Wildman–Crippen LogP) is 5.02. The lowest BCUT2D eigenvalue weighted by molar-refractivity contribution is -0.123. The van der Waals surface area contributed by atoms with Crippen molar-refractivity contribution < 1.29 is 27.5 Å². The quantitative estimate of drug-likeness (QED) is 0.513. The normalized spacial score (nSPS) is 19.7. The van der Waals surface area contributed by atoms with E-state index in [2.05, 4.69) is 6.92 Å². The number of esters is 1. The van der Waals surface area contributed by atoms with Gasteiger partial charge in [0.15, 0.2) is 0 Å². The summed E-state index contributed by atoms with van der Waals surface area (Å²) < 4.78 is 42.1. The maximum absolute atomic E-state index is 13.2. The predicted molar refractivity (Wildman–Crippen MR) is 102 cm³/mol. The maximum Gasteiger partial charge on any atom is 0.458 e. The van der Waals surface area contributed by atoms with Crippen molar-refractivity contribution in [1.82, 2.24) is 0 Å². The number of hydrogen-bond acceptors (Lipinski definition) is 4. The van der Waals surface area contributed by atoms with Crippen LogP contribution >= 0.6 is 11.3 Å². The van der Waals surface area contributed by atoms with Crippen molar-refractivity contribution in [3.63, 3.8) is 0 Å². The van der Waals surface area contributed by atoms with Crippen LogP contribution in [0.3, 0.4) is 0 Å². The molecule has 8 heteroatoms. The summed E-state index contributed by atoms with van der Waals surface area (Å²) in [6.07, 6.45) is -1.19. The van der Waals surface area contributed by atoms with Crippen molar-refractivity contribution in [3.8, 4) is 11.8 Å². The van der Waals surface area contributed by atoms with E-state index in [1.807, 2.05) is 19.8 Å². The first-order valence-corrected chi connectivity index (χ1v) is 10.00. The Morgan fingerprint density at radius 1 is 1.25 bits per heavy atom. The van der Waals surface area contributed by atoms with Crippen LogP contribution in [0.2, 0.25) is 0 Å². The second kappa shape index (κ2) is 8.99. The van der Waals surface area contributed by atoms with Gasteiger partial charge in [-0.3, -0.25) is 4.79 Å². The topological polar surface area (TPSA) is 46.6 Å². The van der Waals surface area contributed by atoms with Gasteiger partial charge in [0, 0.05) is 17.9 Å². The van der Waals surface area contributed by atoms with E-state index in [0.717, 1.165) is 37.0 Å². The van der Waals surface area contributed by atoms with Crippen molar-refractivity contribution in [2.24, 2.45) is 11.8 Å². The Morgan fingerprint density at radius 2 is 1.86 bits per heavy atom. The number of alkyl halides is 3. The number of amides is 1. The standard InChI is InChI=1S/C20H24F3NO3S/c1-12(2)24(18(25)14-7-5-13(3)6-8-14)16-11-15(9-10-20(21,22)23)28-17(16)19(26)27-4/h11-14H,5-8H2,1-4H3. The van der Waals surface area contributed by atoms with Crippen LogP contribution in [0.15, 0.2) is 6.07 Å². The molecule has 1 fully saturated rings. The van der Waals surface area contributed by atoms with Crippen LogP contribution < -0.4 is 4.90 Å². The van der Waals surface area contributed by atoms with Crippen LogP contribution in [-0.4, -0.2) is 31.2 Å². The zero-order valence-electron chi connectivity index (χ0n) is 16.4. The third-order valence-electron chi connectivity index (χ3n) is 4.79. The zero-order valence-corrected chi connectivity index (χ0v) is 17.2. The molecule has 0 aromatic carbocycles. The van der Waals surface area contributed by atoms with Gasteiger partial charge in [-0.2, -0.15) is 13.2 Å². The van der Waals surface area contributed by atoms with Crippen LogP contribution in [0, 0.1) is 23.7 Å². The van der Waals surface area contributed by atoms with Gasteiger partial charge in [-0.25, -0.2) is 4.79 Å². The first-order valence-electron chi connectivity index (χ1n) is 9.18. The number of hydrogen-bond donors (Lipinski definition) is 0. The molecule has 154 valence electrons. The molecule has 1 aromatic rings.